The van der Waals surface area contributed by atoms with E-state index in [0.717, 1.165) is 23.0 Å². The summed E-state index contributed by atoms with van der Waals surface area (Å²) in [7, 11) is -1.99. The summed E-state index contributed by atoms with van der Waals surface area (Å²) < 4.78 is 14.2. The molecule has 0 saturated heterocycles. The average molecular weight is 602 g/mol. The van der Waals surface area contributed by atoms with Crippen LogP contribution in [0.1, 0.15) is 105 Å². The lowest BCUT2D eigenvalue weighted by Crippen LogP contribution is -2.62. The van der Waals surface area contributed by atoms with Gasteiger partial charge < -0.3 is 14.4 Å². The first-order chi connectivity index (χ1) is 20.4. The zero-order chi connectivity index (χ0) is 31.7. The van der Waals surface area contributed by atoms with E-state index < -0.39 is 8.80 Å². The second-order valence-electron chi connectivity index (χ2n) is 17.2. The predicted molar refractivity (Wildman–Crippen MR) is 189 cm³/mol. The molecule has 4 aromatic rings. The highest BCUT2D eigenvalue weighted by Gasteiger charge is 2.49. The molecule has 7 rings (SSSR count). The van der Waals surface area contributed by atoms with Crippen LogP contribution in [-0.2, 0) is 21.7 Å². The van der Waals surface area contributed by atoms with Crippen molar-refractivity contribution < 1.29 is 9.47 Å². The maximum atomic E-state index is 7.12. The van der Waals surface area contributed by atoms with E-state index in [-0.39, 0.29) is 21.7 Å². The second kappa shape index (κ2) is 9.03. The maximum Gasteiger partial charge on any atom is 0.157 e. The van der Waals surface area contributed by atoms with Gasteiger partial charge in [0.05, 0.1) is 0 Å². The van der Waals surface area contributed by atoms with Crippen LogP contribution in [0.15, 0.2) is 60.7 Å². The molecule has 44 heavy (non-hydrogen) atoms. The smallest absolute Gasteiger partial charge is 0.157 e. The molecule has 4 heteroatoms. The van der Waals surface area contributed by atoms with Gasteiger partial charge in [0, 0.05) is 43.7 Å². The van der Waals surface area contributed by atoms with Crippen LogP contribution in [0.25, 0.3) is 0 Å². The van der Waals surface area contributed by atoms with Gasteiger partial charge in [-0.05, 0) is 69.2 Å². The number of hydrogen-bond acceptors (Lipinski definition) is 3. The van der Waals surface area contributed by atoms with Gasteiger partial charge in [0.25, 0.3) is 0 Å². The summed E-state index contributed by atoms with van der Waals surface area (Å²) in [5.74, 6) is 4.10. The summed E-state index contributed by atoms with van der Waals surface area (Å²) in [6.45, 7) is 27.4. The van der Waals surface area contributed by atoms with E-state index in [1.807, 2.05) is 0 Å². The lowest BCUT2D eigenvalue weighted by atomic mass is 9.84. The lowest BCUT2D eigenvalue weighted by molar-refractivity contribution is 0.436. The third-order valence-corrected chi connectivity index (χ3v) is 13.1. The highest BCUT2D eigenvalue weighted by molar-refractivity contribution is 7.00. The van der Waals surface area contributed by atoms with Gasteiger partial charge in [-0.1, -0.05) is 107 Å². The molecule has 0 aliphatic carbocycles. The van der Waals surface area contributed by atoms with Crippen LogP contribution in [0, 0.1) is 0 Å². The van der Waals surface area contributed by atoms with E-state index in [1.54, 1.807) is 0 Å². The minimum absolute atomic E-state index is 0.0354. The van der Waals surface area contributed by atoms with Crippen LogP contribution in [0.4, 0.5) is 17.1 Å². The Hall–Kier alpha value is -3.50. The largest absolute Gasteiger partial charge is 0.457 e. The Morgan fingerprint density at radius 2 is 0.909 bits per heavy atom. The number of nitrogens with zero attached hydrogens (tertiary/aromatic N) is 1. The Kier molecular flexibility index (Phi) is 6.00. The SMILES string of the molecule is CC(C)(C)c1ccc(N2c3ccc(C(C)(C)C)c4c3[SiH]3c5c(cc(C(C)(C)C)cc5Oc5c(C(C)(C)C)ccc2c53)O4)cc1. The zero-order valence-electron chi connectivity index (χ0n) is 28.6. The number of benzene rings is 4. The summed E-state index contributed by atoms with van der Waals surface area (Å²) in [5, 5.41) is 4.07. The van der Waals surface area contributed by atoms with Crippen molar-refractivity contribution in [3.05, 3.63) is 82.9 Å². The Labute approximate surface area is 265 Å². The summed E-state index contributed by atoms with van der Waals surface area (Å²) in [5.41, 5.74) is 8.68. The Morgan fingerprint density at radius 1 is 0.477 bits per heavy atom. The van der Waals surface area contributed by atoms with Crippen LogP contribution in [-0.4, -0.2) is 8.80 Å². The quantitative estimate of drug-likeness (QED) is 0.175. The van der Waals surface area contributed by atoms with Gasteiger partial charge in [-0.3, -0.25) is 0 Å². The van der Waals surface area contributed by atoms with E-state index in [2.05, 4.69) is 149 Å². The molecule has 0 fully saturated rings. The molecule has 3 aliphatic rings. The van der Waals surface area contributed by atoms with Crippen molar-refractivity contribution in [3.8, 4) is 23.0 Å². The normalized spacial score (nSPS) is 15.5. The fourth-order valence-electron chi connectivity index (χ4n) is 7.19. The summed E-state index contributed by atoms with van der Waals surface area (Å²) in [4.78, 5) is 2.47. The lowest BCUT2D eigenvalue weighted by Gasteiger charge is -2.46. The Bertz CT molecular complexity index is 1740. The fourth-order valence-corrected chi connectivity index (χ4v) is 10.9. The molecule has 0 bridgehead atoms. The molecule has 0 N–H and O–H groups in total. The summed E-state index contributed by atoms with van der Waals surface area (Å²) >= 11 is 0. The average Bonchev–Trinajstić information content (AvgIpc) is 2.90. The van der Waals surface area contributed by atoms with E-state index in [4.69, 9.17) is 9.47 Å². The van der Waals surface area contributed by atoms with Gasteiger partial charge in [-0.2, -0.15) is 0 Å². The third-order valence-electron chi connectivity index (χ3n) is 9.70. The molecule has 0 unspecified atom stereocenters. The minimum Gasteiger partial charge on any atom is -0.457 e. The molecule has 0 spiro atoms. The van der Waals surface area contributed by atoms with Gasteiger partial charge in [-0.25, -0.2) is 0 Å². The maximum absolute atomic E-state index is 7.12. The van der Waals surface area contributed by atoms with Gasteiger partial charge in [0.1, 0.15) is 23.0 Å². The summed E-state index contributed by atoms with van der Waals surface area (Å²) in [6.07, 6.45) is 0. The third kappa shape index (κ3) is 4.28. The van der Waals surface area contributed by atoms with Crippen molar-refractivity contribution in [2.45, 2.75) is 105 Å². The van der Waals surface area contributed by atoms with Crippen molar-refractivity contribution in [3.63, 3.8) is 0 Å². The first-order valence-electron chi connectivity index (χ1n) is 16.2. The highest BCUT2D eigenvalue weighted by atomic mass is 28.3. The number of ether oxygens (including phenoxy) is 2. The van der Waals surface area contributed by atoms with E-state index in [1.165, 1.54) is 54.9 Å². The topological polar surface area (TPSA) is 21.7 Å². The highest BCUT2D eigenvalue weighted by Crippen LogP contribution is 2.50. The molecule has 0 aromatic heterocycles. The first kappa shape index (κ1) is 29.2. The van der Waals surface area contributed by atoms with Gasteiger partial charge >= 0.3 is 0 Å². The molecule has 0 atom stereocenters. The molecule has 3 heterocycles. The van der Waals surface area contributed by atoms with Crippen LogP contribution in [0.2, 0.25) is 0 Å². The Balaban J connectivity index is 1.59. The van der Waals surface area contributed by atoms with Gasteiger partial charge in [0.15, 0.2) is 8.80 Å². The molecule has 228 valence electrons. The zero-order valence-corrected chi connectivity index (χ0v) is 29.8. The van der Waals surface area contributed by atoms with Gasteiger partial charge in [0.2, 0.25) is 0 Å². The number of hydrogen-bond donors (Lipinski definition) is 0. The van der Waals surface area contributed by atoms with E-state index >= 15 is 0 Å². The molecule has 0 amide bonds. The fraction of sp³-hybridized carbons (Fsp3) is 0.400. The van der Waals surface area contributed by atoms with Crippen LogP contribution in [0.3, 0.4) is 0 Å². The molecule has 3 aliphatic heterocycles. The second-order valence-corrected chi connectivity index (χ2v) is 19.8. The first-order valence-corrected chi connectivity index (χ1v) is 17.9. The van der Waals surface area contributed by atoms with E-state index in [0.29, 0.717) is 0 Å². The van der Waals surface area contributed by atoms with Gasteiger partial charge in [-0.15, -0.1) is 0 Å². The molecular weight excluding hydrogens is 555 g/mol. The van der Waals surface area contributed by atoms with Crippen molar-refractivity contribution in [1.82, 2.24) is 0 Å². The Morgan fingerprint density at radius 3 is 1.30 bits per heavy atom. The van der Waals surface area contributed by atoms with Crippen LogP contribution >= 0.6 is 0 Å². The molecular formula is C40H47NO2Si. The van der Waals surface area contributed by atoms with Crippen molar-refractivity contribution in [2.24, 2.45) is 0 Å². The van der Waals surface area contributed by atoms with Crippen molar-refractivity contribution >= 4 is 41.4 Å². The summed E-state index contributed by atoms with van der Waals surface area (Å²) in [6, 6.07) is 23.1. The standard InChI is InChI=1S/C40H47NO2Si/c1-37(2,3)23-13-15-25(16-14-23)41-28-19-17-26(39(7,8)9)32-34(28)44-35-29(41)20-18-27(40(10,11)12)33(35)43-31-22-24(38(4,5)6)21-30(42-32)36(31)44/h13-22,44H,1-12H3. The number of anilines is 3. The van der Waals surface area contributed by atoms with Crippen LogP contribution < -0.4 is 29.9 Å². The van der Waals surface area contributed by atoms with Crippen molar-refractivity contribution in [2.75, 3.05) is 4.90 Å². The minimum atomic E-state index is -1.99. The van der Waals surface area contributed by atoms with Crippen LogP contribution in [0.5, 0.6) is 23.0 Å². The molecule has 0 saturated carbocycles. The monoisotopic (exact) mass is 601 g/mol. The molecule has 0 radical (unpaired) electrons. The number of rotatable bonds is 1. The molecule has 4 aromatic carbocycles. The van der Waals surface area contributed by atoms with E-state index in [9.17, 15) is 0 Å². The molecule has 3 nitrogen and oxygen atoms in total. The predicted octanol–water partition coefficient (Wildman–Crippen LogP) is 9.12. The van der Waals surface area contributed by atoms with Crippen molar-refractivity contribution in [1.29, 1.82) is 0 Å².